The summed E-state index contributed by atoms with van der Waals surface area (Å²) < 4.78 is 9.81. The Bertz CT molecular complexity index is 243. The van der Waals surface area contributed by atoms with E-state index in [1.54, 1.807) is 13.8 Å². The summed E-state index contributed by atoms with van der Waals surface area (Å²) in [5.41, 5.74) is 0. The molecule has 0 N–H and O–H groups in total. The van der Waals surface area contributed by atoms with Gasteiger partial charge in [0.25, 0.3) is 0 Å². The second-order valence-corrected chi connectivity index (χ2v) is 3.71. The first-order valence-electron chi connectivity index (χ1n) is 6.09. The third-order valence-corrected chi connectivity index (χ3v) is 2.45. The smallest absolute Gasteiger partial charge is 0.323 e. The van der Waals surface area contributed by atoms with Gasteiger partial charge in [0.05, 0.1) is 19.6 Å². The molecule has 0 saturated heterocycles. The van der Waals surface area contributed by atoms with Gasteiger partial charge >= 0.3 is 11.9 Å². The van der Waals surface area contributed by atoms with Crippen LogP contribution in [0.3, 0.4) is 0 Å². The molecule has 0 aromatic heterocycles. The highest BCUT2D eigenvalue weighted by molar-refractivity contribution is 5.75. The molecule has 100 valence electrons. The van der Waals surface area contributed by atoms with Crippen LogP contribution in [-0.4, -0.2) is 49.7 Å². The summed E-state index contributed by atoms with van der Waals surface area (Å²) in [5.74, 6) is -0.473. The van der Waals surface area contributed by atoms with Crippen LogP contribution in [0.15, 0.2) is 0 Å². The maximum absolute atomic E-state index is 11.6. The van der Waals surface area contributed by atoms with E-state index in [4.69, 9.17) is 9.47 Å². The molecule has 17 heavy (non-hydrogen) atoms. The van der Waals surface area contributed by atoms with Crippen molar-refractivity contribution >= 4 is 11.9 Å². The van der Waals surface area contributed by atoms with Crippen LogP contribution >= 0.6 is 0 Å². The zero-order valence-electron chi connectivity index (χ0n) is 11.2. The van der Waals surface area contributed by atoms with E-state index in [0.29, 0.717) is 32.6 Å². The predicted molar refractivity (Wildman–Crippen MR) is 64.6 cm³/mol. The average molecular weight is 245 g/mol. The molecule has 0 bridgehead atoms. The summed E-state index contributed by atoms with van der Waals surface area (Å²) >= 11 is 0. The molecule has 0 rings (SSSR count). The number of hydrogen-bond donors (Lipinski definition) is 0. The summed E-state index contributed by atoms with van der Waals surface area (Å²) in [6, 6.07) is -0.288. The second-order valence-electron chi connectivity index (χ2n) is 3.71. The monoisotopic (exact) mass is 245 g/mol. The number of carbonyl (C=O) groups excluding carboxylic acids is 2. The first-order valence-corrected chi connectivity index (χ1v) is 6.09. The number of esters is 2. The van der Waals surface area contributed by atoms with Crippen LogP contribution in [0.4, 0.5) is 0 Å². The first-order chi connectivity index (χ1) is 8.06. The van der Waals surface area contributed by atoms with Gasteiger partial charge in [-0.2, -0.15) is 0 Å². The van der Waals surface area contributed by atoms with Crippen molar-refractivity contribution in [1.29, 1.82) is 0 Å². The van der Waals surface area contributed by atoms with Crippen molar-refractivity contribution in [3.63, 3.8) is 0 Å². The molecule has 0 saturated carbocycles. The van der Waals surface area contributed by atoms with Gasteiger partial charge in [-0.3, -0.25) is 14.5 Å². The highest BCUT2D eigenvalue weighted by Crippen LogP contribution is 2.05. The van der Waals surface area contributed by atoms with Gasteiger partial charge in [-0.15, -0.1) is 0 Å². The lowest BCUT2D eigenvalue weighted by molar-refractivity contribution is -0.150. The van der Waals surface area contributed by atoms with Crippen molar-refractivity contribution in [1.82, 2.24) is 4.90 Å². The number of hydrogen-bond acceptors (Lipinski definition) is 5. The van der Waals surface area contributed by atoms with Gasteiger partial charge in [0.2, 0.25) is 0 Å². The number of ether oxygens (including phenoxy) is 2. The Morgan fingerprint density at radius 2 is 1.71 bits per heavy atom. The van der Waals surface area contributed by atoms with Crippen molar-refractivity contribution in [2.75, 3.05) is 26.8 Å². The minimum atomic E-state index is -0.288. The van der Waals surface area contributed by atoms with Gasteiger partial charge in [0.1, 0.15) is 6.04 Å². The van der Waals surface area contributed by atoms with E-state index in [0.717, 1.165) is 0 Å². The molecule has 0 aliphatic rings. The lowest BCUT2D eigenvalue weighted by Crippen LogP contribution is -2.40. The zero-order chi connectivity index (χ0) is 13.3. The SMILES string of the molecule is CCOC(=O)CCN(C)C(CC)C(=O)OCC. The maximum Gasteiger partial charge on any atom is 0.323 e. The molecular weight excluding hydrogens is 222 g/mol. The van der Waals surface area contributed by atoms with E-state index in [1.165, 1.54) is 0 Å². The molecule has 0 fully saturated rings. The molecule has 0 heterocycles. The Labute approximate surface area is 103 Å². The van der Waals surface area contributed by atoms with E-state index in [2.05, 4.69) is 0 Å². The van der Waals surface area contributed by atoms with Crippen molar-refractivity contribution in [3.8, 4) is 0 Å². The van der Waals surface area contributed by atoms with Crippen LogP contribution in [0, 0.1) is 0 Å². The van der Waals surface area contributed by atoms with Crippen LogP contribution in [0.2, 0.25) is 0 Å². The van der Waals surface area contributed by atoms with E-state index in [-0.39, 0.29) is 18.0 Å². The lowest BCUT2D eigenvalue weighted by Gasteiger charge is -2.24. The van der Waals surface area contributed by atoms with Gasteiger partial charge in [-0.1, -0.05) is 6.92 Å². The van der Waals surface area contributed by atoms with Gasteiger partial charge in [0, 0.05) is 6.54 Å². The van der Waals surface area contributed by atoms with Crippen LogP contribution in [-0.2, 0) is 19.1 Å². The highest BCUT2D eigenvalue weighted by Gasteiger charge is 2.22. The fourth-order valence-electron chi connectivity index (χ4n) is 1.55. The lowest BCUT2D eigenvalue weighted by atomic mass is 10.2. The summed E-state index contributed by atoms with van der Waals surface area (Å²) in [6.07, 6.45) is 0.957. The minimum absolute atomic E-state index is 0.235. The number of carbonyl (C=O) groups is 2. The summed E-state index contributed by atoms with van der Waals surface area (Å²) in [4.78, 5) is 24.6. The maximum atomic E-state index is 11.6. The summed E-state index contributed by atoms with van der Waals surface area (Å²) in [7, 11) is 1.81. The van der Waals surface area contributed by atoms with E-state index < -0.39 is 0 Å². The fourth-order valence-corrected chi connectivity index (χ4v) is 1.55. The van der Waals surface area contributed by atoms with Gasteiger partial charge in [-0.25, -0.2) is 0 Å². The fraction of sp³-hybridized carbons (Fsp3) is 0.833. The molecule has 1 atom stereocenters. The molecule has 0 aromatic rings. The topological polar surface area (TPSA) is 55.8 Å². The van der Waals surface area contributed by atoms with Crippen LogP contribution in [0.25, 0.3) is 0 Å². The molecule has 0 radical (unpaired) electrons. The molecule has 1 unspecified atom stereocenters. The normalized spacial score (nSPS) is 12.3. The van der Waals surface area contributed by atoms with Crippen LogP contribution in [0.1, 0.15) is 33.6 Å². The predicted octanol–water partition coefficient (Wildman–Crippen LogP) is 1.21. The third kappa shape index (κ3) is 6.26. The van der Waals surface area contributed by atoms with Crippen LogP contribution in [0.5, 0.6) is 0 Å². The molecule has 0 amide bonds. The van der Waals surface area contributed by atoms with Gasteiger partial charge < -0.3 is 9.47 Å². The Kier molecular flexibility index (Phi) is 8.40. The Balaban J connectivity index is 4.12. The number of rotatable bonds is 8. The zero-order valence-corrected chi connectivity index (χ0v) is 11.2. The summed E-state index contributed by atoms with van der Waals surface area (Å²) in [6.45, 7) is 6.73. The number of nitrogens with zero attached hydrogens (tertiary/aromatic N) is 1. The number of likely N-dealkylation sites (N-methyl/N-ethyl adjacent to an activating group) is 1. The minimum Gasteiger partial charge on any atom is -0.466 e. The highest BCUT2D eigenvalue weighted by atomic mass is 16.5. The van der Waals surface area contributed by atoms with Gasteiger partial charge in [-0.05, 0) is 27.3 Å². The molecule has 0 spiro atoms. The Morgan fingerprint density at radius 1 is 1.12 bits per heavy atom. The molecule has 0 aromatic carbocycles. The Hall–Kier alpha value is -1.10. The van der Waals surface area contributed by atoms with Crippen molar-refractivity contribution < 1.29 is 19.1 Å². The second kappa shape index (κ2) is 8.98. The molecule has 0 aliphatic carbocycles. The quantitative estimate of drug-likeness (QED) is 0.602. The van der Waals surface area contributed by atoms with Crippen molar-refractivity contribution in [2.24, 2.45) is 0 Å². The van der Waals surface area contributed by atoms with E-state index >= 15 is 0 Å². The molecule has 0 aliphatic heterocycles. The van der Waals surface area contributed by atoms with E-state index in [1.807, 2.05) is 18.9 Å². The molecule has 5 heteroatoms. The van der Waals surface area contributed by atoms with E-state index in [9.17, 15) is 9.59 Å². The van der Waals surface area contributed by atoms with Gasteiger partial charge in [0.15, 0.2) is 0 Å². The van der Waals surface area contributed by atoms with Crippen molar-refractivity contribution in [3.05, 3.63) is 0 Å². The molecular formula is C12H23NO4. The summed E-state index contributed by atoms with van der Waals surface area (Å²) in [5, 5.41) is 0. The first kappa shape index (κ1) is 15.9. The molecule has 5 nitrogen and oxygen atoms in total. The average Bonchev–Trinajstić information content (AvgIpc) is 2.28. The van der Waals surface area contributed by atoms with Crippen LogP contribution < -0.4 is 0 Å². The van der Waals surface area contributed by atoms with Crippen molar-refractivity contribution in [2.45, 2.75) is 39.7 Å². The standard InChI is InChI=1S/C12H23NO4/c1-5-10(12(15)17-7-3)13(4)9-8-11(14)16-6-2/h10H,5-9H2,1-4H3. The third-order valence-electron chi connectivity index (χ3n) is 2.45. The largest absolute Gasteiger partial charge is 0.466 e. The Morgan fingerprint density at radius 3 is 2.18 bits per heavy atom.